The molecule has 0 radical (unpaired) electrons. The van der Waals surface area contributed by atoms with Gasteiger partial charge in [0.05, 0.1) is 26.6 Å². The molecular weight excluding hydrogens is 273 g/mol. The third-order valence-corrected chi connectivity index (χ3v) is 2.43. The Hall–Kier alpha value is -0.920. The third-order valence-electron chi connectivity index (χ3n) is 2.43. The maximum Gasteiger partial charge on any atom is 0.311 e. The molecule has 0 heterocycles. The minimum Gasteiger partial charge on any atom is -0.459 e. The Morgan fingerprint density at radius 2 is 1.47 bits per heavy atom. The average Bonchev–Trinajstić information content (AvgIpc) is 2.32. The van der Waals surface area contributed by atoms with Gasteiger partial charge in [0.2, 0.25) is 0 Å². The number of quaternary nitrogens is 1. The van der Waals surface area contributed by atoms with Crippen molar-refractivity contribution in [3.05, 3.63) is 0 Å². The van der Waals surface area contributed by atoms with Crippen LogP contribution in [0, 0.1) is 5.41 Å². The largest absolute Gasteiger partial charge is 0.459 e. The molecule has 0 atom stereocenters. The molecule has 0 aromatic carbocycles. The van der Waals surface area contributed by atoms with Crippen LogP contribution in [0.2, 0.25) is 0 Å². The molecule has 0 aliphatic heterocycles. The number of rotatable bonds is 5. The first-order valence-electron chi connectivity index (χ1n) is 5.45. The predicted molar refractivity (Wildman–Crippen MR) is 64.9 cm³/mol. The van der Waals surface area contributed by atoms with Gasteiger partial charge in [-0.15, -0.1) is 0 Å². The highest BCUT2D eigenvalue weighted by atomic mass is 20.0. The van der Waals surface area contributed by atoms with E-state index in [1.807, 2.05) is 20.8 Å². The molecule has 0 aromatic rings. The van der Waals surface area contributed by atoms with Crippen LogP contribution in [-0.4, -0.2) is 44.7 Å². The molecule has 0 bridgehead atoms. The van der Waals surface area contributed by atoms with Crippen molar-refractivity contribution in [1.82, 2.24) is 0 Å². The van der Waals surface area contributed by atoms with E-state index in [1.54, 1.807) is 0 Å². The van der Waals surface area contributed by atoms with E-state index in [4.69, 9.17) is 23.0 Å². The molecule has 19 heavy (non-hydrogen) atoms. The first-order valence-corrected chi connectivity index (χ1v) is 5.45. The zero-order valence-corrected chi connectivity index (χ0v) is 12.3. The van der Waals surface area contributed by atoms with Gasteiger partial charge in [-0.2, -0.15) is 0 Å². The normalized spacial score (nSPS) is 10.0. The summed E-state index contributed by atoms with van der Waals surface area (Å²) in [6.45, 7) is 7.20. The van der Waals surface area contributed by atoms with Gasteiger partial charge in [0.1, 0.15) is 13.2 Å². The lowest BCUT2D eigenvalue weighted by molar-refractivity contribution is -0.870. The lowest BCUT2D eigenvalue weighted by Gasteiger charge is -2.25. The number of hydrogen-bond acceptors (Lipinski definition) is 2. The van der Waals surface area contributed by atoms with Crippen LogP contribution in [0.25, 0.3) is 0 Å². The molecule has 0 rings (SSSR count). The number of halogens is 5. The second kappa shape index (κ2) is 13.5. The van der Waals surface area contributed by atoms with Gasteiger partial charge in [0.15, 0.2) is 0 Å². The third kappa shape index (κ3) is 17.1. The van der Waals surface area contributed by atoms with Crippen molar-refractivity contribution in [1.29, 1.82) is 0 Å². The van der Waals surface area contributed by atoms with Crippen molar-refractivity contribution >= 4 is 5.97 Å². The van der Waals surface area contributed by atoms with Gasteiger partial charge in [0.25, 0.3) is 0 Å². The van der Waals surface area contributed by atoms with Crippen molar-refractivity contribution in [3.8, 4) is 0 Å². The molecule has 0 aliphatic rings. The van der Waals surface area contributed by atoms with E-state index in [0.29, 0.717) is 6.61 Å². The Morgan fingerprint density at radius 3 is 1.74 bits per heavy atom. The maximum absolute atomic E-state index is 11.6. The van der Waals surface area contributed by atoms with Gasteiger partial charge in [-0.05, 0) is 20.3 Å². The average molecular weight is 298 g/mol. The SMILES string of the molecule is CCC(C)(C)C(=O)OCC[N+](C)(C)C.F.FF.FF. The van der Waals surface area contributed by atoms with Crippen molar-refractivity contribution < 1.29 is 37.0 Å². The summed E-state index contributed by atoms with van der Waals surface area (Å²) in [4.78, 5) is 11.6. The van der Waals surface area contributed by atoms with Crippen LogP contribution in [0.4, 0.5) is 23.0 Å². The van der Waals surface area contributed by atoms with Gasteiger partial charge >= 0.3 is 5.97 Å². The van der Waals surface area contributed by atoms with Crippen molar-refractivity contribution in [3.63, 3.8) is 0 Å². The number of ether oxygens (including phenoxy) is 1. The van der Waals surface area contributed by atoms with Gasteiger partial charge in [-0.25, -0.2) is 0 Å². The zero-order valence-electron chi connectivity index (χ0n) is 12.3. The lowest BCUT2D eigenvalue weighted by Crippen LogP contribution is -2.39. The minimum absolute atomic E-state index is 0. The summed E-state index contributed by atoms with van der Waals surface area (Å²) in [6, 6.07) is 0. The first-order chi connectivity index (χ1) is 8.19. The molecule has 120 valence electrons. The van der Waals surface area contributed by atoms with Gasteiger partial charge < -0.3 is 9.22 Å². The van der Waals surface area contributed by atoms with Crippen LogP contribution in [0.15, 0.2) is 0 Å². The summed E-state index contributed by atoms with van der Waals surface area (Å²) in [5, 5.41) is 0. The van der Waals surface area contributed by atoms with Crippen molar-refractivity contribution in [2.24, 2.45) is 5.41 Å². The number of hydrogen-bond donors (Lipinski definition) is 0. The Morgan fingerprint density at radius 1 is 1.11 bits per heavy atom. The molecular formula is C11H25F5NO2+. The summed E-state index contributed by atoms with van der Waals surface area (Å²) in [5.74, 6) is -0.0894. The number of nitrogens with zero attached hydrogens (tertiary/aromatic N) is 1. The van der Waals surface area contributed by atoms with E-state index >= 15 is 0 Å². The highest BCUT2D eigenvalue weighted by Gasteiger charge is 2.27. The molecule has 0 aromatic heterocycles. The number of carbonyl (C=O) groups excluding carboxylic acids is 1. The zero-order chi connectivity index (χ0) is 15.4. The fourth-order valence-corrected chi connectivity index (χ4v) is 0.752. The minimum atomic E-state index is -0.342. The molecule has 0 unspecified atom stereocenters. The van der Waals surface area contributed by atoms with Gasteiger partial charge in [-0.3, -0.25) is 9.50 Å². The smallest absolute Gasteiger partial charge is 0.311 e. The van der Waals surface area contributed by atoms with Crippen molar-refractivity contribution in [2.45, 2.75) is 27.2 Å². The molecule has 0 saturated carbocycles. The molecule has 0 fully saturated rings. The van der Waals surface area contributed by atoms with Crippen LogP contribution < -0.4 is 0 Å². The molecule has 3 nitrogen and oxygen atoms in total. The van der Waals surface area contributed by atoms with E-state index in [9.17, 15) is 4.79 Å². The fraction of sp³-hybridized carbons (Fsp3) is 0.909. The summed E-state index contributed by atoms with van der Waals surface area (Å²) in [5.41, 5.74) is -0.342. The van der Waals surface area contributed by atoms with Gasteiger partial charge in [0, 0.05) is 18.3 Å². The van der Waals surface area contributed by atoms with Crippen LogP contribution >= 0.6 is 0 Å². The summed E-state index contributed by atoms with van der Waals surface area (Å²) >= 11 is 0. The Balaban J connectivity index is -0.000000204. The van der Waals surface area contributed by atoms with Crippen LogP contribution in [0.1, 0.15) is 27.2 Å². The van der Waals surface area contributed by atoms with Gasteiger partial charge in [-0.1, -0.05) is 6.92 Å². The Bertz CT molecular complexity index is 208. The van der Waals surface area contributed by atoms with E-state index < -0.39 is 0 Å². The van der Waals surface area contributed by atoms with E-state index in [0.717, 1.165) is 17.4 Å². The molecule has 0 saturated heterocycles. The first kappa shape index (κ1) is 26.6. The summed E-state index contributed by atoms with van der Waals surface area (Å²) in [6.07, 6.45) is 0.816. The topological polar surface area (TPSA) is 26.3 Å². The van der Waals surface area contributed by atoms with Crippen LogP contribution in [0.3, 0.4) is 0 Å². The maximum atomic E-state index is 11.6. The standard InChI is InChI=1S/C11H24NO2.2F2.FH/c1-7-11(2,3)10(13)14-9-8-12(4,5)6;2*1-2;/h7-9H2,1-6H3;;;1H/q+1;;;. The monoisotopic (exact) mass is 298 g/mol. The molecule has 8 heteroatoms. The fourth-order valence-electron chi connectivity index (χ4n) is 0.752. The summed E-state index contributed by atoms with van der Waals surface area (Å²) in [7, 11) is 6.25. The lowest BCUT2D eigenvalue weighted by atomic mass is 9.91. The number of esters is 1. The van der Waals surface area contributed by atoms with Crippen LogP contribution in [0.5, 0.6) is 0 Å². The molecule has 0 aliphatic carbocycles. The van der Waals surface area contributed by atoms with Crippen LogP contribution in [-0.2, 0) is 9.53 Å². The Kier molecular flexibility index (Phi) is 18.9. The van der Waals surface area contributed by atoms with E-state index in [1.165, 1.54) is 0 Å². The van der Waals surface area contributed by atoms with Crippen molar-refractivity contribution in [2.75, 3.05) is 34.3 Å². The number of likely N-dealkylation sites (N-methyl/N-ethyl adjacent to an activating group) is 1. The Labute approximate surface area is 111 Å². The van der Waals surface area contributed by atoms with E-state index in [-0.39, 0.29) is 16.1 Å². The quantitative estimate of drug-likeness (QED) is 0.441. The van der Waals surface area contributed by atoms with E-state index in [2.05, 4.69) is 21.1 Å². The highest BCUT2D eigenvalue weighted by molar-refractivity contribution is 5.75. The predicted octanol–water partition coefficient (Wildman–Crippen LogP) is 3.51. The molecule has 0 N–H and O–H groups in total. The highest BCUT2D eigenvalue weighted by Crippen LogP contribution is 2.21. The molecule has 0 amide bonds. The second-order valence-corrected chi connectivity index (χ2v) is 5.39. The second-order valence-electron chi connectivity index (χ2n) is 5.39. The number of carbonyl (C=O) groups is 1. The summed E-state index contributed by atoms with van der Waals surface area (Å²) < 4.78 is 38.0. The molecule has 0 spiro atoms.